The summed E-state index contributed by atoms with van der Waals surface area (Å²) in [6, 6.07) is 16.1. The molecule has 7 nitrogen and oxygen atoms in total. The minimum absolute atomic E-state index is 0.0957. The number of carbonyl (C=O) groups is 2. The molecule has 182 valence electrons. The zero-order valence-electron chi connectivity index (χ0n) is 19.9. The van der Waals surface area contributed by atoms with E-state index in [4.69, 9.17) is 9.47 Å². The van der Waals surface area contributed by atoms with Crippen LogP contribution >= 0.6 is 0 Å². The summed E-state index contributed by atoms with van der Waals surface area (Å²) in [5.74, 6) is 0.371. The maximum atomic E-state index is 14.2. The Bertz CT molecular complexity index is 1250. The molecule has 3 aromatic rings. The van der Waals surface area contributed by atoms with Gasteiger partial charge in [0.25, 0.3) is 5.91 Å². The van der Waals surface area contributed by atoms with Crippen molar-refractivity contribution in [3.8, 4) is 11.5 Å². The summed E-state index contributed by atoms with van der Waals surface area (Å²) >= 11 is 0. The molecule has 0 aliphatic carbocycles. The Morgan fingerprint density at radius 1 is 1.03 bits per heavy atom. The SMILES string of the molecule is COc1cc2c(cc1OC)[C@H](CNC(=O)c1ccccc1C)N(C(=O)Nc1ccccc1F)CC2. The van der Waals surface area contributed by atoms with Crippen LogP contribution in [0.5, 0.6) is 11.5 Å². The van der Waals surface area contributed by atoms with E-state index in [9.17, 15) is 14.0 Å². The fourth-order valence-electron chi connectivity index (χ4n) is 4.35. The second-order valence-electron chi connectivity index (χ2n) is 8.30. The van der Waals surface area contributed by atoms with Crippen molar-refractivity contribution < 1.29 is 23.5 Å². The van der Waals surface area contributed by atoms with Crippen LogP contribution in [0.3, 0.4) is 0 Å². The molecule has 35 heavy (non-hydrogen) atoms. The van der Waals surface area contributed by atoms with E-state index in [1.54, 1.807) is 37.3 Å². The van der Waals surface area contributed by atoms with Crippen molar-refractivity contribution in [1.82, 2.24) is 10.2 Å². The number of halogens is 1. The van der Waals surface area contributed by atoms with Crippen molar-refractivity contribution in [3.05, 3.63) is 88.7 Å². The number of rotatable bonds is 6. The van der Waals surface area contributed by atoms with Crippen molar-refractivity contribution in [3.63, 3.8) is 0 Å². The first-order chi connectivity index (χ1) is 16.9. The van der Waals surface area contributed by atoms with Gasteiger partial charge in [-0.2, -0.15) is 0 Å². The summed E-state index contributed by atoms with van der Waals surface area (Å²) in [6.45, 7) is 2.42. The van der Waals surface area contributed by atoms with Crippen LogP contribution in [-0.4, -0.2) is 44.1 Å². The van der Waals surface area contributed by atoms with Gasteiger partial charge in [-0.05, 0) is 60.4 Å². The topological polar surface area (TPSA) is 79.9 Å². The molecular formula is C27H28FN3O4. The number of aryl methyl sites for hydroxylation is 1. The Labute approximate surface area is 203 Å². The van der Waals surface area contributed by atoms with Crippen LogP contribution in [0.1, 0.15) is 33.1 Å². The van der Waals surface area contributed by atoms with E-state index in [0.717, 1.165) is 16.7 Å². The van der Waals surface area contributed by atoms with Gasteiger partial charge < -0.3 is 25.0 Å². The third-order valence-electron chi connectivity index (χ3n) is 6.22. The highest BCUT2D eigenvalue weighted by Gasteiger charge is 2.33. The summed E-state index contributed by atoms with van der Waals surface area (Å²) in [7, 11) is 3.12. The van der Waals surface area contributed by atoms with Crippen molar-refractivity contribution in [1.29, 1.82) is 0 Å². The number of ether oxygens (including phenoxy) is 2. The lowest BCUT2D eigenvalue weighted by Crippen LogP contribution is -2.47. The average molecular weight is 478 g/mol. The predicted octanol–water partition coefficient (Wildman–Crippen LogP) is 4.71. The molecule has 1 aliphatic rings. The standard InChI is InChI=1S/C27H28FN3O4/c1-17-8-4-5-9-19(17)26(32)29-16-23-20-15-25(35-3)24(34-2)14-18(20)12-13-31(23)27(33)30-22-11-7-6-10-21(22)28/h4-11,14-15,23H,12-13,16H2,1-3H3,(H,29,32)(H,30,33)/t23-/m0/s1. The molecule has 2 N–H and O–H groups in total. The van der Waals surface area contributed by atoms with Gasteiger partial charge in [-0.15, -0.1) is 0 Å². The number of urea groups is 1. The third-order valence-corrected chi connectivity index (χ3v) is 6.22. The molecule has 1 heterocycles. The quantitative estimate of drug-likeness (QED) is 0.539. The normalized spacial score (nSPS) is 14.6. The van der Waals surface area contributed by atoms with E-state index >= 15 is 0 Å². The molecule has 4 rings (SSSR count). The van der Waals surface area contributed by atoms with E-state index in [1.165, 1.54) is 12.1 Å². The monoisotopic (exact) mass is 477 g/mol. The van der Waals surface area contributed by atoms with E-state index in [2.05, 4.69) is 10.6 Å². The van der Waals surface area contributed by atoms with Gasteiger partial charge in [-0.3, -0.25) is 4.79 Å². The van der Waals surface area contributed by atoms with E-state index in [0.29, 0.717) is 30.0 Å². The molecule has 3 amide bonds. The van der Waals surface area contributed by atoms with Crippen LogP contribution in [0.2, 0.25) is 0 Å². The molecule has 8 heteroatoms. The third kappa shape index (κ3) is 5.06. The summed E-state index contributed by atoms with van der Waals surface area (Å²) in [5.41, 5.74) is 3.35. The minimum atomic E-state index is -0.519. The Kier molecular flexibility index (Phi) is 7.19. The molecular weight excluding hydrogens is 449 g/mol. The van der Waals surface area contributed by atoms with Crippen LogP contribution < -0.4 is 20.1 Å². The molecule has 0 fully saturated rings. The number of benzene rings is 3. The van der Waals surface area contributed by atoms with Gasteiger partial charge in [0.1, 0.15) is 5.82 Å². The minimum Gasteiger partial charge on any atom is -0.493 e. The van der Waals surface area contributed by atoms with Gasteiger partial charge in [0.15, 0.2) is 11.5 Å². The molecule has 0 saturated carbocycles. The molecule has 0 spiro atoms. The van der Waals surface area contributed by atoms with Crippen LogP contribution in [0.25, 0.3) is 0 Å². The largest absolute Gasteiger partial charge is 0.493 e. The summed E-state index contributed by atoms with van der Waals surface area (Å²) in [4.78, 5) is 27.8. The summed E-state index contributed by atoms with van der Waals surface area (Å²) in [6.07, 6.45) is 0.572. The first-order valence-corrected chi connectivity index (χ1v) is 11.3. The van der Waals surface area contributed by atoms with Gasteiger partial charge in [-0.1, -0.05) is 30.3 Å². The zero-order valence-corrected chi connectivity index (χ0v) is 19.9. The zero-order chi connectivity index (χ0) is 24.9. The van der Waals surface area contributed by atoms with Crippen LogP contribution in [-0.2, 0) is 6.42 Å². The van der Waals surface area contributed by atoms with E-state index in [1.807, 2.05) is 37.3 Å². The van der Waals surface area contributed by atoms with E-state index in [-0.39, 0.29) is 18.1 Å². The number of nitrogens with zero attached hydrogens (tertiary/aromatic N) is 1. The lowest BCUT2D eigenvalue weighted by Gasteiger charge is -2.38. The predicted molar refractivity (Wildman–Crippen MR) is 132 cm³/mol. The summed E-state index contributed by atoms with van der Waals surface area (Å²) in [5, 5.41) is 5.63. The van der Waals surface area contributed by atoms with Crippen LogP contribution in [0, 0.1) is 12.7 Å². The van der Waals surface area contributed by atoms with E-state index < -0.39 is 17.9 Å². The maximum Gasteiger partial charge on any atom is 0.322 e. The molecule has 0 saturated heterocycles. The lowest BCUT2D eigenvalue weighted by molar-refractivity contribution is 0.0935. The van der Waals surface area contributed by atoms with Gasteiger partial charge >= 0.3 is 6.03 Å². The Morgan fingerprint density at radius 2 is 1.71 bits per heavy atom. The number of para-hydroxylation sites is 1. The fraction of sp³-hybridized carbons (Fsp3) is 0.259. The highest BCUT2D eigenvalue weighted by Crippen LogP contribution is 2.38. The first-order valence-electron chi connectivity index (χ1n) is 11.3. The number of amides is 3. The van der Waals surface area contributed by atoms with Crippen LogP contribution in [0.15, 0.2) is 60.7 Å². The van der Waals surface area contributed by atoms with Gasteiger partial charge in [0.05, 0.1) is 25.9 Å². The van der Waals surface area contributed by atoms with Gasteiger partial charge in [-0.25, -0.2) is 9.18 Å². The Hall–Kier alpha value is -4.07. The highest BCUT2D eigenvalue weighted by molar-refractivity contribution is 5.95. The van der Waals surface area contributed by atoms with Crippen molar-refractivity contribution in [2.75, 3.05) is 32.6 Å². The number of anilines is 1. The second kappa shape index (κ2) is 10.5. The second-order valence-corrected chi connectivity index (χ2v) is 8.30. The van der Waals surface area contributed by atoms with Gasteiger partial charge in [0.2, 0.25) is 0 Å². The number of nitrogens with one attached hydrogen (secondary N) is 2. The number of carbonyl (C=O) groups excluding carboxylic acids is 2. The summed E-state index contributed by atoms with van der Waals surface area (Å²) < 4.78 is 25.1. The number of hydrogen-bond acceptors (Lipinski definition) is 4. The van der Waals surface area contributed by atoms with Crippen molar-refractivity contribution >= 4 is 17.6 Å². The van der Waals surface area contributed by atoms with Gasteiger partial charge in [0, 0.05) is 18.7 Å². The number of fused-ring (bicyclic) bond motifs is 1. The smallest absolute Gasteiger partial charge is 0.322 e. The Morgan fingerprint density at radius 3 is 2.43 bits per heavy atom. The first kappa shape index (κ1) is 24.1. The molecule has 0 radical (unpaired) electrons. The average Bonchev–Trinajstić information content (AvgIpc) is 2.87. The number of hydrogen-bond donors (Lipinski definition) is 2. The maximum absolute atomic E-state index is 14.2. The fourth-order valence-corrected chi connectivity index (χ4v) is 4.35. The van der Waals surface area contributed by atoms with Crippen molar-refractivity contribution in [2.24, 2.45) is 0 Å². The number of methoxy groups -OCH3 is 2. The lowest BCUT2D eigenvalue weighted by atomic mass is 9.91. The molecule has 3 aromatic carbocycles. The molecule has 0 bridgehead atoms. The molecule has 0 unspecified atom stereocenters. The molecule has 1 aliphatic heterocycles. The van der Waals surface area contributed by atoms with Crippen molar-refractivity contribution in [2.45, 2.75) is 19.4 Å². The van der Waals surface area contributed by atoms with Crippen LogP contribution in [0.4, 0.5) is 14.9 Å². The molecule has 1 atom stereocenters. The highest BCUT2D eigenvalue weighted by atomic mass is 19.1. The molecule has 0 aromatic heterocycles. The Balaban J connectivity index is 1.65.